The third-order valence-electron chi connectivity index (χ3n) is 3.97. The number of nitrogens with zero attached hydrogens (tertiary/aromatic N) is 3. The van der Waals surface area contributed by atoms with Gasteiger partial charge in [0.2, 0.25) is 5.09 Å². The maximum Gasteiger partial charge on any atom is 0.275 e. The Bertz CT molecular complexity index is 930. The van der Waals surface area contributed by atoms with Crippen LogP contribution in [0.4, 0.5) is 5.82 Å². The van der Waals surface area contributed by atoms with E-state index in [0.717, 1.165) is 22.8 Å². The van der Waals surface area contributed by atoms with Crippen LogP contribution < -0.4 is 5.32 Å². The quantitative estimate of drug-likeness (QED) is 0.871. The molecule has 0 saturated heterocycles. The molecule has 2 aromatic rings. The zero-order valence-electron chi connectivity index (χ0n) is 14.5. The fourth-order valence-corrected chi connectivity index (χ4v) is 3.27. The first-order valence-electron chi connectivity index (χ1n) is 7.88. The number of aromatic nitrogens is 2. The number of rotatable bonds is 5. The van der Waals surface area contributed by atoms with E-state index in [9.17, 15) is 13.2 Å². The van der Waals surface area contributed by atoms with E-state index >= 15 is 0 Å². The van der Waals surface area contributed by atoms with Crippen LogP contribution in [0.2, 0.25) is 0 Å². The molecule has 0 radical (unpaired) electrons. The minimum Gasteiger partial charge on any atom is -0.448 e. The molecule has 8 nitrogen and oxygen atoms in total. The number of carbonyl (C=O) groups is 1. The number of nitrogens with one attached hydrogen (secondary N) is 1. The van der Waals surface area contributed by atoms with E-state index in [1.54, 1.807) is 19.9 Å². The Morgan fingerprint density at radius 3 is 2.52 bits per heavy atom. The number of amides is 1. The Morgan fingerprint density at radius 1 is 1.24 bits per heavy atom. The SMILES string of the molecule is Cc1nc(NC(=O)c2cc(S(=O)(=O)N(C)C)oc2C)cc(C2CC2)n1. The number of hydrogen-bond donors (Lipinski definition) is 1. The van der Waals surface area contributed by atoms with E-state index in [-0.39, 0.29) is 16.4 Å². The van der Waals surface area contributed by atoms with Gasteiger partial charge in [-0.15, -0.1) is 0 Å². The Labute approximate surface area is 146 Å². The molecule has 1 fully saturated rings. The average molecular weight is 364 g/mol. The number of aryl methyl sites for hydroxylation is 2. The lowest BCUT2D eigenvalue weighted by Crippen LogP contribution is -2.21. The molecule has 2 aromatic heterocycles. The normalized spacial score (nSPS) is 14.8. The van der Waals surface area contributed by atoms with Crippen LogP contribution in [0.1, 0.15) is 46.4 Å². The molecule has 0 spiro atoms. The molecule has 9 heteroatoms. The molecule has 1 saturated carbocycles. The van der Waals surface area contributed by atoms with Gasteiger partial charge in [-0.2, -0.15) is 0 Å². The highest BCUT2D eigenvalue weighted by Gasteiger charge is 2.27. The summed E-state index contributed by atoms with van der Waals surface area (Å²) in [7, 11) is -0.943. The Balaban J connectivity index is 1.86. The molecule has 1 aliphatic carbocycles. The molecule has 0 aromatic carbocycles. The Hall–Kier alpha value is -2.26. The molecule has 0 unspecified atom stereocenters. The average Bonchev–Trinajstić information content (AvgIpc) is 3.28. The van der Waals surface area contributed by atoms with Gasteiger partial charge in [0, 0.05) is 37.8 Å². The van der Waals surface area contributed by atoms with Gasteiger partial charge >= 0.3 is 0 Å². The van der Waals surface area contributed by atoms with Gasteiger partial charge in [0.1, 0.15) is 17.4 Å². The molecule has 1 amide bonds. The Morgan fingerprint density at radius 2 is 1.92 bits per heavy atom. The number of carbonyl (C=O) groups excluding carboxylic acids is 1. The molecule has 2 heterocycles. The summed E-state index contributed by atoms with van der Waals surface area (Å²) >= 11 is 0. The molecule has 134 valence electrons. The van der Waals surface area contributed by atoms with Crippen molar-refractivity contribution in [2.45, 2.75) is 37.7 Å². The zero-order chi connectivity index (χ0) is 18.4. The first kappa shape index (κ1) is 17.6. The van der Waals surface area contributed by atoms with Crippen molar-refractivity contribution < 1.29 is 17.6 Å². The van der Waals surface area contributed by atoms with Crippen LogP contribution in [0.3, 0.4) is 0 Å². The predicted octanol–water partition coefficient (Wildman–Crippen LogP) is 2.07. The molecule has 1 N–H and O–H groups in total. The summed E-state index contributed by atoms with van der Waals surface area (Å²) in [6, 6.07) is 2.99. The molecule has 0 atom stereocenters. The van der Waals surface area contributed by atoms with Gasteiger partial charge in [0.25, 0.3) is 15.9 Å². The lowest BCUT2D eigenvalue weighted by molar-refractivity contribution is 0.102. The second-order valence-corrected chi connectivity index (χ2v) is 8.36. The standard InChI is InChI=1S/C16H20N4O4S/c1-9-12(7-15(24-9)25(22,23)20(3)4)16(21)19-14-8-13(11-5-6-11)17-10(2)18-14/h7-8,11H,5-6H2,1-4H3,(H,17,18,19,21). The second-order valence-electron chi connectivity index (χ2n) is 6.28. The summed E-state index contributed by atoms with van der Waals surface area (Å²) in [5, 5.41) is 2.43. The smallest absolute Gasteiger partial charge is 0.275 e. The monoisotopic (exact) mass is 364 g/mol. The van der Waals surface area contributed by atoms with E-state index in [1.165, 1.54) is 20.2 Å². The summed E-state index contributed by atoms with van der Waals surface area (Å²) in [5.74, 6) is 1.17. The molecule has 0 bridgehead atoms. The summed E-state index contributed by atoms with van der Waals surface area (Å²) in [6.45, 7) is 3.32. The van der Waals surface area contributed by atoms with Crippen LogP contribution in [0, 0.1) is 13.8 Å². The zero-order valence-corrected chi connectivity index (χ0v) is 15.3. The minimum atomic E-state index is -3.74. The molecular weight excluding hydrogens is 344 g/mol. The van der Waals surface area contributed by atoms with Crippen molar-refractivity contribution in [2.24, 2.45) is 0 Å². The van der Waals surface area contributed by atoms with Crippen LogP contribution in [0.15, 0.2) is 21.6 Å². The lowest BCUT2D eigenvalue weighted by atomic mass is 10.2. The fraction of sp³-hybridized carbons (Fsp3) is 0.438. The van der Waals surface area contributed by atoms with Crippen LogP contribution >= 0.6 is 0 Å². The van der Waals surface area contributed by atoms with Crippen LogP contribution in [0.5, 0.6) is 0 Å². The summed E-state index contributed by atoms with van der Waals surface area (Å²) in [6.07, 6.45) is 2.19. The van der Waals surface area contributed by atoms with E-state index in [1.807, 2.05) is 0 Å². The first-order chi connectivity index (χ1) is 11.7. The third kappa shape index (κ3) is 3.57. The van der Waals surface area contributed by atoms with Crippen LogP contribution in [-0.2, 0) is 10.0 Å². The highest BCUT2D eigenvalue weighted by Crippen LogP contribution is 2.39. The highest BCUT2D eigenvalue weighted by atomic mass is 32.2. The third-order valence-corrected chi connectivity index (χ3v) is 5.64. The minimum absolute atomic E-state index is 0.157. The maximum atomic E-state index is 12.5. The lowest BCUT2D eigenvalue weighted by Gasteiger charge is -2.07. The van der Waals surface area contributed by atoms with Gasteiger partial charge in [0.15, 0.2) is 0 Å². The largest absolute Gasteiger partial charge is 0.448 e. The summed E-state index contributed by atoms with van der Waals surface area (Å²) in [5.41, 5.74) is 1.08. The summed E-state index contributed by atoms with van der Waals surface area (Å²) in [4.78, 5) is 21.1. The van der Waals surface area contributed by atoms with E-state index in [4.69, 9.17) is 4.42 Å². The van der Waals surface area contributed by atoms with Gasteiger partial charge in [-0.25, -0.2) is 22.7 Å². The van der Waals surface area contributed by atoms with E-state index in [2.05, 4.69) is 15.3 Å². The number of furan rings is 1. The second kappa shape index (κ2) is 6.23. The van der Waals surface area contributed by atoms with E-state index < -0.39 is 15.9 Å². The van der Waals surface area contributed by atoms with Gasteiger partial charge in [-0.1, -0.05) is 0 Å². The van der Waals surface area contributed by atoms with Gasteiger partial charge in [-0.3, -0.25) is 4.79 Å². The van der Waals surface area contributed by atoms with Crippen molar-refractivity contribution in [1.82, 2.24) is 14.3 Å². The maximum absolute atomic E-state index is 12.5. The molecule has 1 aliphatic rings. The number of anilines is 1. The van der Waals surface area contributed by atoms with Crippen molar-refractivity contribution in [2.75, 3.05) is 19.4 Å². The fourth-order valence-electron chi connectivity index (χ4n) is 2.41. The summed E-state index contributed by atoms with van der Waals surface area (Å²) < 4.78 is 30.6. The van der Waals surface area contributed by atoms with Crippen LogP contribution in [-0.4, -0.2) is 42.7 Å². The van der Waals surface area contributed by atoms with Gasteiger partial charge in [0.05, 0.1) is 5.56 Å². The molecule has 25 heavy (non-hydrogen) atoms. The molecular formula is C16H20N4O4S. The number of sulfonamides is 1. The highest BCUT2D eigenvalue weighted by molar-refractivity contribution is 7.88. The van der Waals surface area contributed by atoms with Crippen LogP contribution in [0.25, 0.3) is 0 Å². The van der Waals surface area contributed by atoms with Gasteiger partial charge < -0.3 is 9.73 Å². The van der Waals surface area contributed by atoms with Crippen molar-refractivity contribution in [3.8, 4) is 0 Å². The molecule has 0 aliphatic heterocycles. The van der Waals surface area contributed by atoms with Crippen molar-refractivity contribution >= 4 is 21.7 Å². The van der Waals surface area contributed by atoms with E-state index in [0.29, 0.717) is 17.6 Å². The first-order valence-corrected chi connectivity index (χ1v) is 9.32. The number of hydrogen-bond acceptors (Lipinski definition) is 6. The molecule has 3 rings (SSSR count). The predicted molar refractivity (Wildman–Crippen MR) is 91.0 cm³/mol. The Kier molecular flexibility index (Phi) is 4.38. The van der Waals surface area contributed by atoms with Crippen molar-refractivity contribution in [3.63, 3.8) is 0 Å². The van der Waals surface area contributed by atoms with Gasteiger partial charge in [-0.05, 0) is 26.7 Å². The van der Waals surface area contributed by atoms with Crippen molar-refractivity contribution in [3.05, 3.63) is 35.0 Å². The topological polar surface area (TPSA) is 105 Å². The van der Waals surface area contributed by atoms with Crippen molar-refractivity contribution in [1.29, 1.82) is 0 Å².